The van der Waals surface area contributed by atoms with E-state index in [-0.39, 0.29) is 35.3 Å². The second-order valence-electron chi connectivity index (χ2n) is 7.66. The molecule has 2 nitrogen and oxygen atoms in total. The van der Waals surface area contributed by atoms with Gasteiger partial charge < -0.3 is 9.97 Å². The Hall–Kier alpha value is -0.544. The Morgan fingerprint density at radius 1 is 0.600 bits per heavy atom. The maximum Gasteiger partial charge on any atom is 2.00 e. The number of nitrogens with one attached hydrogen (secondary N) is 2. The van der Waals surface area contributed by atoms with E-state index < -0.39 is 0 Å². The summed E-state index contributed by atoms with van der Waals surface area (Å²) in [5, 5.41) is 0. The topological polar surface area (TPSA) is 31.6 Å². The first-order valence-electron chi connectivity index (χ1n) is 10.3. The van der Waals surface area contributed by atoms with Crippen LogP contribution in [0.15, 0.2) is 36.7 Å². The van der Waals surface area contributed by atoms with Crippen LogP contribution in [0.3, 0.4) is 0 Å². The van der Waals surface area contributed by atoms with E-state index in [0.29, 0.717) is 0 Å². The first-order valence-corrected chi connectivity index (χ1v) is 10.3. The predicted octanol–water partition coefficient (Wildman–Crippen LogP) is 5.08. The fourth-order valence-electron chi connectivity index (χ4n) is 4.50. The summed E-state index contributed by atoms with van der Waals surface area (Å²) < 4.78 is 0. The molecule has 0 spiro atoms. The second-order valence-corrected chi connectivity index (χ2v) is 7.66. The molecule has 0 radical (unpaired) electrons. The number of rotatable bonds is 8. The van der Waals surface area contributed by atoms with Crippen molar-refractivity contribution in [1.82, 2.24) is 9.97 Å². The van der Waals surface area contributed by atoms with Crippen molar-refractivity contribution < 1.29 is 0 Å². The third-order valence-corrected chi connectivity index (χ3v) is 7.25. The van der Waals surface area contributed by atoms with Crippen molar-refractivity contribution in [1.29, 1.82) is 0 Å². The van der Waals surface area contributed by atoms with Crippen LogP contribution in [-0.2, 0) is 0 Å². The summed E-state index contributed by atoms with van der Waals surface area (Å²) in [7, 11) is 0. The largest absolute Gasteiger partial charge is 2.00 e. The summed E-state index contributed by atoms with van der Waals surface area (Å²) >= 11 is 0. The molecule has 2 heterocycles. The molecule has 0 bridgehead atoms. The van der Waals surface area contributed by atoms with E-state index in [4.69, 9.17) is 0 Å². The molecular formula is C20H38B2MgN2. The van der Waals surface area contributed by atoms with Gasteiger partial charge in [0.25, 0.3) is 0 Å². The van der Waals surface area contributed by atoms with Gasteiger partial charge in [-0.15, -0.1) is 11.2 Å². The van der Waals surface area contributed by atoms with Crippen LogP contribution in [0.5, 0.6) is 0 Å². The summed E-state index contributed by atoms with van der Waals surface area (Å²) in [5.41, 5.74) is 2.92. The van der Waals surface area contributed by atoms with Gasteiger partial charge in [-0.2, -0.15) is 37.9 Å². The molecular weight excluding hydrogens is 314 g/mol. The van der Waals surface area contributed by atoms with Gasteiger partial charge in [-0.3, -0.25) is 0 Å². The number of aromatic nitrogens is 2. The van der Waals surface area contributed by atoms with Gasteiger partial charge in [0, 0.05) is 12.3 Å². The molecule has 2 aromatic heterocycles. The number of aromatic amines is 2. The van der Waals surface area contributed by atoms with Gasteiger partial charge in [0.1, 0.15) is 0 Å². The Bertz CT molecular complexity index is 463. The molecule has 0 saturated heterocycles. The minimum Gasteiger partial charge on any atom is -0.403 e. The van der Waals surface area contributed by atoms with Crippen molar-refractivity contribution in [3.63, 3.8) is 0 Å². The van der Waals surface area contributed by atoms with Gasteiger partial charge in [0.2, 0.25) is 0 Å². The molecule has 0 aliphatic heterocycles. The Morgan fingerprint density at radius 2 is 0.880 bits per heavy atom. The molecule has 0 aromatic carbocycles. The number of hydrogen-bond acceptors (Lipinski definition) is 0. The van der Waals surface area contributed by atoms with Gasteiger partial charge in [0.05, 0.1) is 0 Å². The zero-order valence-electron chi connectivity index (χ0n) is 17.6. The quantitative estimate of drug-likeness (QED) is 0.621. The summed E-state index contributed by atoms with van der Waals surface area (Å²) in [6.07, 6.45) is 11.2. The molecule has 136 valence electrons. The molecule has 2 rings (SSSR count). The van der Waals surface area contributed by atoms with Crippen molar-refractivity contribution >= 4 is 46.5 Å². The molecule has 2 N–H and O–H groups in total. The molecule has 2 aromatic rings. The zero-order valence-corrected chi connectivity index (χ0v) is 19.0. The maximum atomic E-state index is 3.36. The third kappa shape index (κ3) is 5.72. The molecule has 0 saturated carbocycles. The average molecular weight is 352 g/mol. The van der Waals surface area contributed by atoms with Crippen LogP contribution in [0.2, 0.25) is 37.9 Å². The Balaban J connectivity index is 0.000000443. The summed E-state index contributed by atoms with van der Waals surface area (Å²) in [5.74, 6) is 0. The summed E-state index contributed by atoms with van der Waals surface area (Å²) in [6, 6.07) is 8.67. The van der Waals surface area contributed by atoms with Gasteiger partial charge in [0.15, 0.2) is 0 Å². The van der Waals surface area contributed by atoms with Crippen LogP contribution in [0.25, 0.3) is 0 Å². The van der Waals surface area contributed by atoms with Crippen molar-refractivity contribution in [2.45, 2.75) is 79.5 Å². The fraction of sp³-hybridized carbons (Fsp3) is 0.600. The van der Waals surface area contributed by atoms with Crippen molar-refractivity contribution in [3.8, 4) is 0 Å². The monoisotopic (exact) mass is 352 g/mol. The normalized spacial score (nSPS) is 11.4. The van der Waals surface area contributed by atoms with E-state index in [0.717, 1.165) is 0 Å². The Labute approximate surface area is 172 Å². The maximum absolute atomic E-state index is 3.36. The van der Waals surface area contributed by atoms with Crippen LogP contribution >= 0.6 is 0 Å². The average Bonchev–Trinajstić information content (AvgIpc) is 3.34. The van der Waals surface area contributed by atoms with Crippen LogP contribution < -0.4 is 11.2 Å². The first kappa shape index (κ1) is 24.5. The van der Waals surface area contributed by atoms with Gasteiger partial charge in [-0.05, 0) is 24.5 Å². The molecule has 0 unspecified atom stereocenters. The SMILES string of the molecule is CC[B-](CC)(CC)c1ccc[nH]1.CC[B-](CC)(CC)c1ccc[nH]1.[Mg+2]. The van der Waals surface area contributed by atoms with Crippen LogP contribution in [0.1, 0.15) is 41.5 Å². The minimum atomic E-state index is -0.278. The summed E-state index contributed by atoms with van der Waals surface area (Å²) in [6.45, 7) is 13.8. The van der Waals surface area contributed by atoms with E-state index in [9.17, 15) is 0 Å². The van der Waals surface area contributed by atoms with Gasteiger partial charge in [-0.25, -0.2) is 0 Å². The third-order valence-electron chi connectivity index (χ3n) is 7.25. The first-order chi connectivity index (χ1) is 11.6. The Kier molecular flexibility index (Phi) is 11.7. The van der Waals surface area contributed by atoms with Gasteiger partial charge in [-0.1, -0.05) is 53.7 Å². The van der Waals surface area contributed by atoms with E-state index in [1.54, 1.807) is 0 Å². The predicted molar refractivity (Wildman–Crippen MR) is 121 cm³/mol. The van der Waals surface area contributed by atoms with Crippen LogP contribution in [-0.4, -0.2) is 45.3 Å². The molecule has 0 aliphatic rings. The number of hydrogen-bond donors (Lipinski definition) is 2. The van der Waals surface area contributed by atoms with E-state index in [2.05, 4.69) is 75.8 Å². The Morgan fingerprint density at radius 3 is 1.04 bits per heavy atom. The van der Waals surface area contributed by atoms with Crippen molar-refractivity contribution in [3.05, 3.63) is 36.7 Å². The van der Waals surface area contributed by atoms with Crippen molar-refractivity contribution in [2.75, 3.05) is 0 Å². The standard InChI is InChI=1S/2C10H19BN.Mg/c2*1-4-11(5-2,6-3)10-8-7-9-12-10;/h2*7-9,12H,4-6H2,1-3H3;/q2*-1;+2. The van der Waals surface area contributed by atoms with Crippen LogP contribution in [0.4, 0.5) is 0 Å². The molecule has 25 heavy (non-hydrogen) atoms. The molecule has 0 fully saturated rings. The number of H-pyrrole nitrogens is 2. The van der Waals surface area contributed by atoms with Crippen molar-refractivity contribution in [2.24, 2.45) is 0 Å². The van der Waals surface area contributed by atoms with E-state index in [1.807, 2.05) is 12.4 Å². The summed E-state index contributed by atoms with van der Waals surface area (Å²) in [4.78, 5) is 6.72. The van der Waals surface area contributed by atoms with E-state index >= 15 is 0 Å². The fourth-order valence-corrected chi connectivity index (χ4v) is 4.50. The smallest absolute Gasteiger partial charge is 0.403 e. The molecule has 0 aliphatic carbocycles. The minimum absolute atomic E-state index is 0. The molecule has 5 heteroatoms. The molecule has 0 atom stereocenters. The second kappa shape index (κ2) is 12.0. The van der Waals surface area contributed by atoms with Crippen LogP contribution in [0, 0.1) is 0 Å². The van der Waals surface area contributed by atoms with Gasteiger partial charge >= 0.3 is 23.1 Å². The molecule has 0 amide bonds. The van der Waals surface area contributed by atoms with E-state index in [1.165, 1.54) is 49.1 Å². The zero-order chi connectivity index (χ0) is 18.1.